The van der Waals surface area contributed by atoms with E-state index in [1.165, 1.54) is 12.8 Å². The summed E-state index contributed by atoms with van der Waals surface area (Å²) >= 11 is 0. The van der Waals surface area contributed by atoms with Gasteiger partial charge in [-0.2, -0.15) is 0 Å². The molecule has 3 rings (SSSR count). The van der Waals surface area contributed by atoms with Crippen LogP contribution in [-0.4, -0.2) is 38.1 Å². The molecule has 6 nitrogen and oxygen atoms in total. The lowest BCUT2D eigenvalue weighted by Gasteiger charge is -2.19. The highest BCUT2D eigenvalue weighted by molar-refractivity contribution is 5.92. The Hall–Kier alpha value is -3.02. The first-order valence-corrected chi connectivity index (χ1v) is 10.5. The highest BCUT2D eigenvalue weighted by Crippen LogP contribution is 2.23. The second-order valence-electron chi connectivity index (χ2n) is 7.95. The van der Waals surface area contributed by atoms with E-state index in [2.05, 4.69) is 21.6 Å². The van der Waals surface area contributed by atoms with Crippen LogP contribution in [0.25, 0.3) is 0 Å². The van der Waals surface area contributed by atoms with Gasteiger partial charge in [-0.15, -0.1) is 0 Å². The molecule has 1 aliphatic heterocycles. The van der Waals surface area contributed by atoms with Crippen molar-refractivity contribution < 1.29 is 14.3 Å². The predicted molar refractivity (Wildman–Crippen MR) is 120 cm³/mol. The van der Waals surface area contributed by atoms with Crippen LogP contribution in [0.3, 0.4) is 0 Å². The second kappa shape index (κ2) is 10.1. The minimum absolute atomic E-state index is 0.113. The van der Waals surface area contributed by atoms with Crippen LogP contribution in [0.2, 0.25) is 0 Å². The molecule has 1 heterocycles. The second-order valence-corrected chi connectivity index (χ2v) is 7.95. The van der Waals surface area contributed by atoms with Crippen molar-refractivity contribution in [3.05, 3.63) is 53.6 Å². The average molecular weight is 410 g/mol. The molecule has 0 saturated carbocycles. The number of nitrogens with one attached hydrogen (secondary N) is 2. The molecule has 1 aliphatic rings. The number of rotatable bonds is 8. The normalized spacial score (nSPS) is 14.3. The van der Waals surface area contributed by atoms with Crippen LogP contribution in [0, 0.1) is 6.92 Å². The third-order valence-corrected chi connectivity index (χ3v) is 5.34. The minimum atomic E-state index is -0.258. The fraction of sp³-hybridized carbons (Fsp3) is 0.417. The lowest BCUT2D eigenvalue weighted by atomic mass is 10.1. The molecule has 0 aromatic heterocycles. The fourth-order valence-electron chi connectivity index (χ4n) is 3.78. The Morgan fingerprint density at radius 2 is 1.87 bits per heavy atom. The number of methoxy groups -OCH3 is 1. The van der Waals surface area contributed by atoms with Gasteiger partial charge in [-0.1, -0.05) is 18.2 Å². The number of carbonyl (C=O) groups is 2. The summed E-state index contributed by atoms with van der Waals surface area (Å²) in [6.07, 6.45) is 2.89. The molecule has 0 radical (unpaired) electrons. The first kappa shape index (κ1) is 21.7. The molecule has 0 aliphatic carbocycles. The third-order valence-electron chi connectivity index (χ3n) is 5.34. The van der Waals surface area contributed by atoms with Gasteiger partial charge in [-0.25, -0.2) is 0 Å². The number of anilines is 2. The van der Waals surface area contributed by atoms with Crippen LogP contribution < -0.4 is 20.3 Å². The number of aryl methyl sites for hydroxylation is 1. The van der Waals surface area contributed by atoms with Gasteiger partial charge in [-0.3, -0.25) is 9.59 Å². The highest BCUT2D eigenvalue weighted by Gasteiger charge is 2.15. The summed E-state index contributed by atoms with van der Waals surface area (Å²) in [6, 6.07) is 13.4. The molecule has 1 atom stereocenters. The third kappa shape index (κ3) is 5.99. The molecule has 2 amide bonds. The molecule has 2 aromatic carbocycles. The van der Waals surface area contributed by atoms with Crippen molar-refractivity contribution in [2.45, 2.75) is 45.6 Å². The molecule has 1 fully saturated rings. The zero-order chi connectivity index (χ0) is 21.5. The number of hydrogen-bond acceptors (Lipinski definition) is 4. The van der Waals surface area contributed by atoms with Crippen LogP contribution in [0.15, 0.2) is 42.5 Å². The number of carbonyl (C=O) groups excluding carboxylic acids is 2. The van der Waals surface area contributed by atoms with E-state index in [4.69, 9.17) is 4.74 Å². The number of benzene rings is 2. The van der Waals surface area contributed by atoms with Crippen molar-refractivity contribution in [3.63, 3.8) is 0 Å². The Kier molecular flexibility index (Phi) is 7.33. The molecule has 1 unspecified atom stereocenters. The van der Waals surface area contributed by atoms with Crippen LogP contribution in [0.5, 0.6) is 5.75 Å². The molecule has 0 spiro atoms. The number of amides is 2. The maximum atomic E-state index is 12.4. The molecule has 30 heavy (non-hydrogen) atoms. The number of hydrogen-bond donors (Lipinski definition) is 2. The molecule has 6 heteroatoms. The number of ether oxygens (including phenoxy) is 1. The van der Waals surface area contributed by atoms with Gasteiger partial charge in [0, 0.05) is 36.9 Å². The Morgan fingerprint density at radius 1 is 1.10 bits per heavy atom. The van der Waals surface area contributed by atoms with Crippen molar-refractivity contribution in [3.8, 4) is 5.75 Å². The van der Waals surface area contributed by atoms with E-state index in [1.54, 1.807) is 7.11 Å². The summed E-state index contributed by atoms with van der Waals surface area (Å²) in [5.41, 5.74) is 3.83. The van der Waals surface area contributed by atoms with Gasteiger partial charge in [0.05, 0.1) is 13.5 Å². The standard InChI is InChI=1S/C24H31N3O3/c1-17-9-10-19(14-22(17)30-3)15-24(29)25-18(2)13-23(28)26-20-7-6-8-21(16-20)27-11-4-5-12-27/h6-10,14,16,18H,4-5,11-13,15H2,1-3H3,(H,25,29)(H,26,28). The van der Waals surface area contributed by atoms with Gasteiger partial charge in [-0.05, 0) is 62.1 Å². The zero-order valence-corrected chi connectivity index (χ0v) is 18.0. The van der Waals surface area contributed by atoms with Crippen molar-refractivity contribution in [2.24, 2.45) is 0 Å². The first-order chi connectivity index (χ1) is 14.4. The summed E-state index contributed by atoms with van der Waals surface area (Å²) in [5.74, 6) is 0.541. The Balaban J connectivity index is 1.48. The monoisotopic (exact) mass is 409 g/mol. The quantitative estimate of drug-likeness (QED) is 0.698. The van der Waals surface area contributed by atoms with Crippen LogP contribution >= 0.6 is 0 Å². The van der Waals surface area contributed by atoms with Gasteiger partial charge >= 0.3 is 0 Å². The van der Waals surface area contributed by atoms with E-state index in [0.29, 0.717) is 0 Å². The molecule has 160 valence electrons. The molecular formula is C24H31N3O3. The molecular weight excluding hydrogens is 378 g/mol. The summed E-state index contributed by atoms with van der Waals surface area (Å²) in [7, 11) is 1.62. The Labute approximate surface area is 178 Å². The SMILES string of the molecule is COc1cc(CC(=O)NC(C)CC(=O)Nc2cccc(N3CCCC3)c2)ccc1C. The Bertz CT molecular complexity index is 891. The van der Waals surface area contributed by atoms with E-state index >= 15 is 0 Å². The van der Waals surface area contributed by atoms with Crippen molar-refractivity contribution in [1.29, 1.82) is 0 Å². The summed E-state index contributed by atoms with van der Waals surface area (Å²) in [4.78, 5) is 27.1. The number of nitrogens with zero attached hydrogens (tertiary/aromatic N) is 1. The van der Waals surface area contributed by atoms with Gasteiger partial charge in [0.15, 0.2) is 0 Å². The van der Waals surface area contributed by atoms with Gasteiger partial charge in [0.1, 0.15) is 5.75 Å². The van der Waals surface area contributed by atoms with Gasteiger partial charge in [0.25, 0.3) is 0 Å². The average Bonchev–Trinajstić information content (AvgIpc) is 3.24. The molecule has 0 bridgehead atoms. The van der Waals surface area contributed by atoms with Crippen molar-refractivity contribution >= 4 is 23.2 Å². The fourth-order valence-corrected chi connectivity index (χ4v) is 3.78. The van der Waals surface area contributed by atoms with Crippen molar-refractivity contribution in [1.82, 2.24) is 5.32 Å². The lowest BCUT2D eigenvalue weighted by molar-refractivity contribution is -0.121. The summed E-state index contributed by atoms with van der Waals surface area (Å²) < 4.78 is 5.31. The van der Waals surface area contributed by atoms with E-state index in [-0.39, 0.29) is 30.7 Å². The van der Waals surface area contributed by atoms with E-state index in [9.17, 15) is 9.59 Å². The summed E-state index contributed by atoms with van der Waals surface area (Å²) in [5, 5.41) is 5.85. The first-order valence-electron chi connectivity index (χ1n) is 10.5. The molecule has 1 saturated heterocycles. The minimum Gasteiger partial charge on any atom is -0.496 e. The largest absolute Gasteiger partial charge is 0.496 e. The van der Waals surface area contributed by atoms with Crippen LogP contribution in [0.1, 0.15) is 37.3 Å². The van der Waals surface area contributed by atoms with Gasteiger partial charge in [0.2, 0.25) is 11.8 Å². The van der Waals surface area contributed by atoms with Crippen LogP contribution in [0.4, 0.5) is 11.4 Å². The van der Waals surface area contributed by atoms with E-state index < -0.39 is 0 Å². The van der Waals surface area contributed by atoms with Crippen LogP contribution in [-0.2, 0) is 16.0 Å². The topological polar surface area (TPSA) is 70.7 Å². The van der Waals surface area contributed by atoms with Crippen molar-refractivity contribution in [2.75, 3.05) is 30.4 Å². The van der Waals surface area contributed by atoms with Gasteiger partial charge < -0.3 is 20.3 Å². The predicted octanol–water partition coefficient (Wildman–Crippen LogP) is 3.68. The van der Waals surface area contributed by atoms with E-state index in [1.807, 2.05) is 50.2 Å². The zero-order valence-electron chi connectivity index (χ0n) is 18.0. The maximum absolute atomic E-state index is 12.4. The maximum Gasteiger partial charge on any atom is 0.226 e. The smallest absolute Gasteiger partial charge is 0.226 e. The Morgan fingerprint density at radius 3 is 2.60 bits per heavy atom. The van der Waals surface area contributed by atoms with E-state index in [0.717, 1.165) is 41.3 Å². The molecule has 2 N–H and O–H groups in total. The highest BCUT2D eigenvalue weighted by atomic mass is 16.5. The summed E-state index contributed by atoms with van der Waals surface area (Å²) in [6.45, 7) is 5.93. The lowest BCUT2D eigenvalue weighted by Crippen LogP contribution is -2.36. The molecule has 2 aromatic rings.